The molecule has 2 aromatic heterocycles. The number of halogens is 1. The molecule has 3 heterocycles. The SMILES string of the molecule is Clc1ccc2c(NCCn3cc(COC4CCCCO4)nn3)ccnc2c1. The molecule has 1 N–H and O–H groups in total. The fraction of sp³-hybridized carbons (Fsp3) is 0.421. The third-order valence-electron chi connectivity index (χ3n) is 4.50. The van der Waals surface area contributed by atoms with Crippen LogP contribution in [0.25, 0.3) is 10.9 Å². The molecule has 1 aromatic carbocycles. The molecule has 0 amide bonds. The highest BCUT2D eigenvalue weighted by Crippen LogP contribution is 2.24. The minimum absolute atomic E-state index is 0.112. The standard InChI is InChI=1S/C19H22ClN5O2/c20-14-4-5-16-17(6-7-21-18(16)11-14)22-8-9-25-12-15(23-24-25)13-27-19-3-1-2-10-26-19/h4-7,11-12,19H,1-3,8-10,13H2,(H,21,22). The second kappa shape index (κ2) is 8.65. The topological polar surface area (TPSA) is 74.1 Å². The molecule has 0 spiro atoms. The Morgan fingerprint density at radius 1 is 1.30 bits per heavy atom. The summed E-state index contributed by atoms with van der Waals surface area (Å²) in [5.74, 6) is 0. The molecule has 0 radical (unpaired) electrons. The van der Waals surface area contributed by atoms with Gasteiger partial charge < -0.3 is 14.8 Å². The first-order chi connectivity index (χ1) is 13.3. The van der Waals surface area contributed by atoms with E-state index in [0.29, 0.717) is 18.2 Å². The summed E-state index contributed by atoms with van der Waals surface area (Å²) in [6.45, 7) is 2.62. The molecule has 1 aliphatic heterocycles. The molecule has 7 nitrogen and oxygen atoms in total. The minimum Gasteiger partial charge on any atom is -0.383 e. The molecule has 1 unspecified atom stereocenters. The molecular weight excluding hydrogens is 366 g/mol. The van der Waals surface area contributed by atoms with Crippen molar-refractivity contribution in [1.29, 1.82) is 0 Å². The molecule has 1 aliphatic rings. The third-order valence-corrected chi connectivity index (χ3v) is 4.74. The van der Waals surface area contributed by atoms with Crippen LogP contribution >= 0.6 is 11.6 Å². The zero-order valence-corrected chi connectivity index (χ0v) is 15.7. The maximum absolute atomic E-state index is 6.04. The summed E-state index contributed by atoms with van der Waals surface area (Å²) in [6.07, 6.45) is 6.79. The summed E-state index contributed by atoms with van der Waals surface area (Å²) in [5.41, 5.74) is 2.71. The zero-order chi connectivity index (χ0) is 18.5. The number of anilines is 1. The van der Waals surface area contributed by atoms with E-state index in [1.807, 2.05) is 35.1 Å². The van der Waals surface area contributed by atoms with Gasteiger partial charge in [0.2, 0.25) is 0 Å². The van der Waals surface area contributed by atoms with Crippen molar-refractivity contribution in [1.82, 2.24) is 20.0 Å². The Labute approximate surface area is 162 Å². The van der Waals surface area contributed by atoms with Gasteiger partial charge in [-0.15, -0.1) is 5.10 Å². The van der Waals surface area contributed by atoms with Gasteiger partial charge in [0.15, 0.2) is 6.29 Å². The van der Waals surface area contributed by atoms with E-state index >= 15 is 0 Å². The Hall–Kier alpha value is -2.22. The number of aromatic nitrogens is 4. The maximum atomic E-state index is 6.04. The number of benzene rings is 1. The van der Waals surface area contributed by atoms with Crippen LogP contribution in [0.3, 0.4) is 0 Å². The van der Waals surface area contributed by atoms with Crippen molar-refractivity contribution in [3.63, 3.8) is 0 Å². The lowest BCUT2D eigenvalue weighted by Crippen LogP contribution is -2.22. The number of ether oxygens (including phenoxy) is 2. The van der Waals surface area contributed by atoms with E-state index < -0.39 is 0 Å². The van der Waals surface area contributed by atoms with Crippen molar-refractivity contribution in [3.8, 4) is 0 Å². The Morgan fingerprint density at radius 2 is 2.26 bits per heavy atom. The minimum atomic E-state index is -0.112. The Bertz CT molecular complexity index is 895. The fourth-order valence-electron chi connectivity index (χ4n) is 3.12. The number of hydrogen-bond acceptors (Lipinski definition) is 6. The first kappa shape index (κ1) is 18.2. The van der Waals surface area contributed by atoms with Crippen LogP contribution in [-0.2, 0) is 22.6 Å². The van der Waals surface area contributed by atoms with Crippen molar-refractivity contribution in [2.24, 2.45) is 0 Å². The second-order valence-corrected chi connectivity index (χ2v) is 6.96. The van der Waals surface area contributed by atoms with Crippen LogP contribution in [0.1, 0.15) is 25.0 Å². The Balaban J connectivity index is 1.29. The number of fused-ring (bicyclic) bond motifs is 1. The quantitative estimate of drug-likeness (QED) is 0.667. The maximum Gasteiger partial charge on any atom is 0.158 e. The lowest BCUT2D eigenvalue weighted by Gasteiger charge is -2.22. The van der Waals surface area contributed by atoms with E-state index in [2.05, 4.69) is 20.6 Å². The molecule has 0 aliphatic carbocycles. The monoisotopic (exact) mass is 387 g/mol. The van der Waals surface area contributed by atoms with Crippen molar-refractivity contribution < 1.29 is 9.47 Å². The van der Waals surface area contributed by atoms with Gasteiger partial charge in [0.1, 0.15) is 5.69 Å². The van der Waals surface area contributed by atoms with Crippen LogP contribution < -0.4 is 5.32 Å². The van der Waals surface area contributed by atoms with E-state index in [4.69, 9.17) is 21.1 Å². The fourth-order valence-corrected chi connectivity index (χ4v) is 3.28. The summed E-state index contributed by atoms with van der Waals surface area (Å²) in [5, 5.41) is 13.5. The average molecular weight is 388 g/mol. The van der Waals surface area contributed by atoms with Gasteiger partial charge in [-0.3, -0.25) is 9.67 Å². The van der Waals surface area contributed by atoms with Crippen molar-refractivity contribution >= 4 is 28.2 Å². The van der Waals surface area contributed by atoms with Crippen LogP contribution in [0.5, 0.6) is 0 Å². The highest BCUT2D eigenvalue weighted by atomic mass is 35.5. The molecule has 0 saturated carbocycles. The predicted octanol–water partition coefficient (Wildman–Crippen LogP) is 3.64. The van der Waals surface area contributed by atoms with E-state index in [1.165, 1.54) is 0 Å². The van der Waals surface area contributed by atoms with Crippen molar-refractivity contribution in [2.75, 3.05) is 18.5 Å². The van der Waals surface area contributed by atoms with Crippen molar-refractivity contribution in [3.05, 3.63) is 47.4 Å². The van der Waals surface area contributed by atoms with Crippen LogP contribution in [0.15, 0.2) is 36.7 Å². The smallest absolute Gasteiger partial charge is 0.158 e. The van der Waals surface area contributed by atoms with Gasteiger partial charge in [0.25, 0.3) is 0 Å². The van der Waals surface area contributed by atoms with Gasteiger partial charge >= 0.3 is 0 Å². The van der Waals surface area contributed by atoms with E-state index in [9.17, 15) is 0 Å². The van der Waals surface area contributed by atoms with Gasteiger partial charge in [-0.2, -0.15) is 0 Å². The lowest BCUT2D eigenvalue weighted by molar-refractivity contribution is -0.169. The predicted molar refractivity (Wildman–Crippen MR) is 104 cm³/mol. The molecule has 3 aromatic rings. The second-order valence-electron chi connectivity index (χ2n) is 6.53. The molecule has 8 heteroatoms. The molecule has 27 heavy (non-hydrogen) atoms. The lowest BCUT2D eigenvalue weighted by atomic mass is 10.2. The number of hydrogen-bond donors (Lipinski definition) is 1. The summed E-state index contributed by atoms with van der Waals surface area (Å²) in [6, 6.07) is 7.67. The van der Waals surface area contributed by atoms with E-state index in [1.54, 1.807) is 6.20 Å². The summed E-state index contributed by atoms with van der Waals surface area (Å²) in [7, 11) is 0. The molecule has 1 fully saturated rings. The number of nitrogens with one attached hydrogen (secondary N) is 1. The van der Waals surface area contributed by atoms with E-state index in [0.717, 1.165) is 54.7 Å². The van der Waals surface area contributed by atoms with Crippen molar-refractivity contribution in [2.45, 2.75) is 38.7 Å². The van der Waals surface area contributed by atoms with Crippen LogP contribution in [0.4, 0.5) is 5.69 Å². The molecular formula is C19H22ClN5O2. The normalized spacial score (nSPS) is 17.3. The number of nitrogens with zero attached hydrogens (tertiary/aromatic N) is 4. The number of pyridine rings is 1. The summed E-state index contributed by atoms with van der Waals surface area (Å²) < 4.78 is 13.1. The third kappa shape index (κ3) is 4.74. The molecule has 0 bridgehead atoms. The van der Waals surface area contributed by atoms with Gasteiger partial charge in [-0.05, 0) is 43.5 Å². The van der Waals surface area contributed by atoms with Gasteiger partial charge in [-0.25, -0.2) is 0 Å². The Kier molecular flexibility index (Phi) is 5.81. The number of rotatable bonds is 7. The van der Waals surface area contributed by atoms with Gasteiger partial charge in [-0.1, -0.05) is 16.8 Å². The van der Waals surface area contributed by atoms with Crippen LogP contribution in [0, 0.1) is 0 Å². The van der Waals surface area contributed by atoms with E-state index in [-0.39, 0.29) is 6.29 Å². The largest absolute Gasteiger partial charge is 0.383 e. The first-order valence-corrected chi connectivity index (χ1v) is 9.56. The van der Waals surface area contributed by atoms with Gasteiger partial charge in [0, 0.05) is 35.4 Å². The summed E-state index contributed by atoms with van der Waals surface area (Å²) in [4.78, 5) is 4.36. The highest BCUT2D eigenvalue weighted by Gasteiger charge is 2.14. The summed E-state index contributed by atoms with van der Waals surface area (Å²) >= 11 is 6.04. The zero-order valence-electron chi connectivity index (χ0n) is 15.0. The average Bonchev–Trinajstić information content (AvgIpc) is 3.15. The molecule has 1 atom stereocenters. The molecule has 4 rings (SSSR count). The highest BCUT2D eigenvalue weighted by molar-refractivity contribution is 6.31. The molecule has 142 valence electrons. The Morgan fingerprint density at radius 3 is 3.15 bits per heavy atom. The van der Waals surface area contributed by atoms with Crippen LogP contribution in [0.2, 0.25) is 5.02 Å². The van der Waals surface area contributed by atoms with Gasteiger partial charge in [0.05, 0.1) is 24.9 Å². The van der Waals surface area contributed by atoms with Crippen LogP contribution in [-0.4, -0.2) is 39.4 Å². The first-order valence-electron chi connectivity index (χ1n) is 9.18. The molecule has 1 saturated heterocycles.